The van der Waals surface area contributed by atoms with Gasteiger partial charge in [0.05, 0.1) is 6.10 Å². The van der Waals surface area contributed by atoms with E-state index < -0.39 is 11.7 Å². The average Bonchev–Trinajstić information content (AvgIpc) is 2.69. The monoisotopic (exact) mass is 437 g/mol. The second kappa shape index (κ2) is 8.84. The molecule has 3 N–H and O–H groups in total. The summed E-state index contributed by atoms with van der Waals surface area (Å²) in [5.74, 6) is 0.0729. The number of carbonyl (C=O) groups excluding carboxylic acids is 1. The Labute approximate surface area is 186 Å². The highest BCUT2D eigenvalue weighted by atomic mass is 19.1. The van der Waals surface area contributed by atoms with Gasteiger partial charge in [0.2, 0.25) is 0 Å². The first kappa shape index (κ1) is 22.2. The van der Waals surface area contributed by atoms with Gasteiger partial charge >= 0.3 is 6.09 Å². The Bertz CT molecular complexity index is 1140. The molecule has 0 aliphatic heterocycles. The van der Waals surface area contributed by atoms with Crippen molar-refractivity contribution >= 4 is 22.7 Å². The zero-order valence-electron chi connectivity index (χ0n) is 18.5. The van der Waals surface area contributed by atoms with Gasteiger partial charge in [-0.25, -0.2) is 14.2 Å². The Balaban J connectivity index is 1.69. The average molecular weight is 438 g/mol. The number of ether oxygens (including phenoxy) is 1. The van der Waals surface area contributed by atoms with E-state index in [1.807, 2.05) is 24.3 Å². The first-order valence-corrected chi connectivity index (χ1v) is 10.8. The third-order valence-corrected chi connectivity index (χ3v) is 5.44. The molecule has 1 aliphatic carbocycles. The fourth-order valence-electron chi connectivity index (χ4n) is 3.80. The van der Waals surface area contributed by atoms with E-state index in [1.165, 1.54) is 12.1 Å². The third-order valence-electron chi connectivity index (χ3n) is 5.44. The normalized spacial score (nSPS) is 18.3. The highest BCUT2D eigenvalue weighted by Crippen LogP contribution is 2.31. The number of benzene rings is 2. The van der Waals surface area contributed by atoms with Crippen LogP contribution < -0.4 is 10.6 Å². The molecular weight excluding hydrogens is 409 g/mol. The van der Waals surface area contributed by atoms with E-state index in [2.05, 4.69) is 15.6 Å². The van der Waals surface area contributed by atoms with E-state index in [9.17, 15) is 14.3 Å². The Morgan fingerprint density at radius 3 is 2.59 bits per heavy atom. The van der Waals surface area contributed by atoms with Gasteiger partial charge in [0.25, 0.3) is 0 Å². The topological polar surface area (TPSA) is 83.5 Å². The maximum absolute atomic E-state index is 13.8. The number of nitrogens with one attached hydrogen (secondary N) is 2. The van der Waals surface area contributed by atoms with Crippen LogP contribution in [0.2, 0.25) is 0 Å². The molecule has 1 aliphatic rings. The lowest BCUT2D eigenvalue weighted by Gasteiger charge is -2.32. The van der Waals surface area contributed by atoms with E-state index in [0.717, 1.165) is 40.3 Å². The predicted octanol–water partition coefficient (Wildman–Crippen LogP) is 5.00. The molecule has 2 aromatic carbocycles. The number of rotatable bonds is 5. The molecule has 4 rings (SSSR count). The van der Waals surface area contributed by atoms with Crippen LogP contribution in [0.1, 0.15) is 39.2 Å². The molecule has 1 heterocycles. The van der Waals surface area contributed by atoms with Gasteiger partial charge in [0.1, 0.15) is 17.2 Å². The molecule has 0 spiro atoms. The van der Waals surface area contributed by atoms with Crippen LogP contribution in [0.15, 0.2) is 48.7 Å². The van der Waals surface area contributed by atoms with Crippen LogP contribution in [0, 0.1) is 5.82 Å². The van der Waals surface area contributed by atoms with E-state index in [-0.39, 0.29) is 18.0 Å². The summed E-state index contributed by atoms with van der Waals surface area (Å²) in [6.45, 7) is 5.98. The summed E-state index contributed by atoms with van der Waals surface area (Å²) in [4.78, 5) is 16.9. The summed E-state index contributed by atoms with van der Waals surface area (Å²) in [7, 11) is 0. The van der Waals surface area contributed by atoms with Crippen LogP contribution >= 0.6 is 0 Å². The number of aliphatic hydroxyl groups is 1. The number of anilines is 1. The van der Waals surface area contributed by atoms with Crippen LogP contribution in [-0.4, -0.2) is 33.9 Å². The van der Waals surface area contributed by atoms with E-state index >= 15 is 0 Å². The molecule has 0 radical (unpaired) electrons. The molecule has 0 atom stereocenters. The molecule has 0 bridgehead atoms. The van der Waals surface area contributed by atoms with Crippen molar-refractivity contribution in [2.75, 3.05) is 5.32 Å². The Morgan fingerprint density at radius 1 is 1.16 bits per heavy atom. The lowest BCUT2D eigenvalue weighted by molar-refractivity contribution is 0.0618. The van der Waals surface area contributed by atoms with E-state index in [0.29, 0.717) is 12.4 Å². The first-order valence-electron chi connectivity index (χ1n) is 10.8. The minimum atomic E-state index is -0.635. The van der Waals surface area contributed by atoms with Gasteiger partial charge in [-0.1, -0.05) is 24.3 Å². The van der Waals surface area contributed by atoms with Gasteiger partial charge in [0, 0.05) is 24.2 Å². The fourth-order valence-corrected chi connectivity index (χ4v) is 3.80. The molecule has 0 saturated heterocycles. The van der Waals surface area contributed by atoms with Crippen molar-refractivity contribution in [1.82, 2.24) is 10.3 Å². The Morgan fingerprint density at radius 2 is 1.91 bits per heavy atom. The molecule has 6 nitrogen and oxygen atoms in total. The van der Waals surface area contributed by atoms with E-state index in [1.54, 1.807) is 33.0 Å². The molecule has 1 aromatic heterocycles. The van der Waals surface area contributed by atoms with Crippen molar-refractivity contribution < 1.29 is 19.0 Å². The number of hydrogen-bond acceptors (Lipinski definition) is 5. The summed E-state index contributed by atoms with van der Waals surface area (Å²) >= 11 is 0. The molecule has 1 amide bonds. The van der Waals surface area contributed by atoms with Gasteiger partial charge < -0.3 is 15.2 Å². The highest BCUT2D eigenvalue weighted by molar-refractivity contribution is 6.01. The Hall–Kier alpha value is -3.03. The number of hydrogen-bond donors (Lipinski definition) is 3. The fraction of sp³-hybridized carbons (Fsp3) is 0.360. The van der Waals surface area contributed by atoms with Crippen molar-refractivity contribution in [1.29, 1.82) is 0 Å². The van der Waals surface area contributed by atoms with Gasteiger partial charge in [-0.05, 0) is 73.9 Å². The number of halogens is 1. The summed E-state index contributed by atoms with van der Waals surface area (Å²) < 4.78 is 19.2. The highest BCUT2D eigenvalue weighted by Gasteiger charge is 2.26. The minimum Gasteiger partial charge on any atom is -0.444 e. The molecule has 32 heavy (non-hydrogen) atoms. The van der Waals surface area contributed by atoms with Crippen LogP contribution in [0.25, 0.3) is 21.9 Å². The summed E-state index contributed by atoms with van der Waals surface area (Å²) in [5.41, 5.74) is 1.89. The molecular formula is C25H28FN3O3. The number of carbonyl (C=O) groups is 1. The number of amides is 1. The SMILES string of the molecule is CC(C)(C)OC(=O)Nc1ncc(CNC2CC(O)C2)c2ccc(-c3cccc(F)c3)cc12. The lowest BCUT2D eigenvalue weighted by atomic mass is 9.89. The molecule has 168 valence electrons. The first-order chi connectivity index (χ1) is 15.2. The molecule has 1 fully saturated rings. The summed E-state index contributed by atoms with van der Waals surface area (Å²) in [6, 6.07) is 12.5. The zero-order valence-corrected chi connectivity index (χ0v) is 18.5. The van der Waals surface area contributed by atoms with Crippen molar-refractivity contribution in [3.63, 3.8) is 0 Å². The van der Waals surface area contributed by atoms with Gasteiger partial charge in [-0.2, -0.15) is 0 Å². The van der Waals surface area contributed by atoms with Crippen LogP contribution in [0.3, 0.4) is 0 Å². The van der Waals surface area contributed by atoms with Gasteiger partial charge in [-0.15, -0.1) is 0 Å². The molecule has 3 aromatic rings. The second-order valence-electron chi connectivity index (χ2n) is 9.23. The maximum Gasteiger partial charge on any atom is 0.413 e. The number of nitrogens with zero attached hydrogens (tertiary/aromatic N) is 1. The smallest absolute Gasteiger partial charge is 0.413 e. The van der Waals surface area contributed by atoms with Crippen molar-refractivity contribution in [3.05, 3.63) is 60.0 Å². The summed E-state index contributed by atoms with van der Waals surface area (Å²) in [5, 5.41) is 17.4. The number of aliphatic hydroxyl groups excluding tert-OH is 1. The predicted molar refractivity (Wildman–Crippen MR) is 123 cm³/mol. The summed E-state index contributed by atoms with van der Waals surface area (Å²) in [6.07, 6.45) is 2.41. The number of pyridine rings is 1. The van der Waals surface area contributed by atoms with Crippen LogP contribution in [0.5, 0.6) is 0 Å². The van der Waals surface area contributed by atoms with Gasteiger partial charge in [-0.3, -0.25) is 5.32 Å². The maximum atomic E-state index is 13.8. The number of aromatic nitrogens is 1. The van der Waals surface area contributed by atoms with Crippen molar-refractivity contribution in [2.24, 2.45) is 0 Å². The lowest BCUT2D eigenvalue weighted by Crippen LogP contribution is -2.43. The number of fused-ring (bicyclic) bond motifs is 1. The van der Waals surface area contributed by atoms with Crippen LogP contribution in [0.4, 0.5) is 15.0 Å². The minimum absolute atomic E-state index is 0.225. The standard InChI is InChI=1S/C25H28FN3O3/c1-25(2,3)32-24(31)29-23-22-10-16(15-5-4-6-18(26)9-15)7-8-21(22)17(14-28-23)13-27-19-11-20(30)12-19/h4-10,14,19-20,27,30H,11-13H2,1-3H3,(H,28,29,31). The van der Waals surface area contributed by atoms with Crippen molar-refractivity contribution in [2.45, 2.75) is 57.9 Å². The second-order valence-corrected chi connectivity index (χ2v) is 9.23. The molecule has 0 unspecified atom stereocenters. The molecule has 1 saturated carbocycles. The molecule has 7 heteroatoms. The zero-order chi connectivity index (χ0) is 22.9. The Kier molecular flexibility index (Phi) is 6.13. The quantitative estimate of drug-likeness (QED) is 0.523. The van der Waals surface area contributed by atoms with Crippen molar-refractivity contribution in [3.8, 4) is 11.1 Å². The van der Waals surface area contributed by atoms with Crippen LogP contribution in [-0.2, 0) is 11.3 Å². The van der Waals surface area contributed by atoms with E-state index in [4.69, 9.17) is 4.74 Å². The largest absolute Gasteiger partial charge is 0.444 e. The van der Waals surface area contributed by atoms with Gasteiger partial charge in [0.15, 0.2) is 0 Å². The third kappa shape index (κ3) is 5.23.